The van der Waals surface area contributed by atoms with E-state index >= 15 is 0 Å². The number of aliphatic carboxylic acids is 1. The van der Waals surface area contributed by atoms with Gasteiger partial charge in [-0.2, -0.15) is 8.42 Å². The van der Waals surface area contributed by atoms with Crippen LogP contribution < -0.4 is 9.50 Å². The number of hydrogen-bond acceptors (Lipinski definition) is 6. The standard InChI is InChI=1S/C13H14FNO7S/c1-2-7-21-13(18)15-11(12(16)17)8-9-3-5-10(6-4-9)22-23(14,19)20/h2-6,11H,1,7-8H2,(H,15,18)(H,16,17)/t11-/m0/s1. The topological polar surface area (TPSA) is 119 Å². The third-order valence-electron chi connectivity index (χ3n) is 2.48. The zero-order valence-electron chi connectivity index (χ0n) is 11.8. The fourth-order valence-corrected chi connectivity index (χ4v) is 1.89. The van der Waals surface area contributed by atoms with E-state index < -0.39 is 28.6 Å². The van der Waals surface area contributed by atoms with Gasteiger partial charge >= 0.3 is 22.6 Å². The second-order valence-corrected chi connectivity index (χ2v) is 5.20. The van der Waals surface area contributed by atoms with Gasteiger partial charge in [-0.25, -0.2) is 9.59 Å². The lowest BCUT2D eigenvalue weighted by Crippen LogP contribution is -2.42. The molecule has 0 unspecified atom stereocenters. The summed E-state index contributed by atoms with van der Waals surface area (Å²) in [5.41, 5.74) is 0.449. The van der Waals surface area contributed by atoms with Crippen LogP contribution in [0.5, 0.6) is 5.75 Å². The number of alkyl carbamates (subject to hydrolysis) is 1. The minimum Gasteiger partial charge on any atom is -0.480 e. The van der Waals surface area contributed by atoms with Crippen molar-refractivity contribution in [2.45, 2.75) is 12.5 Å². The highest BCUT2D eigenvalue weighted by Gasteiger charge is 2.21. The summed E-state index contributed by atoms with van der Waals surface area (Å²) in [6.45, 7) is 3.28. The molecule has 0 fully saturated rings. The highest BCUT2D eigenvalue weighted by Crippen LogP contribution is 2.16. The van der Waals surface area contributed by atoms with E-state index in [-0.39, 0.29) is 18.8 Å². The van der Waals surface area contributed by atoms with Gasteiger partial charge in [-0.15, -0.1) is 0 Å². The third kappa shape index (κ3) is 7.27. The first-order chi connectivity index (χ1) is 10.7. The molecule has 10 heteroatoms. The highest BCUT2D eigenvalue weighted by molar-refractivity contribution is 7.81. The SMILES string of the molecule is C=CCOC(=O)N[C@@H](Cc1ccc(OS(=O)(=O)F)cc1)C(=O)O. The predicted molar refractivity (Wildman–Crippen MR) is 76.9 cm³/mol. The van der Waals surface area contributed by atoms with Crippen LogP contribution in [0.2, 0.25) is 0 Å². The van der Waals surface area contributed by atoms with Gasteiger partial charge in [0.1, 0.15) is 18.4 Å². The molecule has 8 nitrogen and oxygen atoms in total. The fourth-order valence-electron chi connectivity index (χ4n) is 1.55. The number of rotatable bonds is 8. The van der Waals surface area contributed by atoms with Gasteiger partial charge in [0.25, 0.3) is 0 Å². The van der Waals surface area contributed by atoms with Crippen LogP contribution in [-0.4, -0.2) is 38.2 Å². The molecule has 1 atom stereocenters. The maximum absolute atomic E-state index is 12.3. The van der Waals surface area contributed by atoms with Crippen molar-refractivity contribution in [1.29, 1.82) is 0 Å². The lowest BCUT2D eigenvalue weighted by atomic mass is 10.1. The second kappa shape index (κ2) is 8.13. The molecule has 0 radical (unpaired) electrons. The van der Waals surface area contributed by atoms with Gasteiger partial charge < -0.3 is 19.3 Å². The fraction of sp³-hybridized carbons (Fsp3) is 0.231. The van der Waals surface area contributed by atoms with E-state index in [1.54, 1.807) is 0 Å². The minimum absolute atomic E-state index is 0.0675. The Morgan fingerprint density at radius 1 is 1.35 bits per heavy atom. The number of carboxylic acid groups (broad SMARTS) is 1. The number of amides is 1. The van der Waals surface area contributed by atoms with E-state index in [4.69, 9.17) is 5.11 Å². The molecule has 1 amide bonds. The van der Waals surface area contributed by atoms with Crippen molar-refractivity contribution in [3.63, 3.8) is 0 Å². The summed E-state index contributed by atoms with van der Waals surface area (Å²) in [6, 6.07) is 3.73. The van der Waals surface area contributed by atoms with Gasteiger partial charge in [-0.3, -0.25) is 0 Å². The molecule has 0 heterocycles. The largest absolute Gasteiger partial charge is 0.488 e. The lowest BCUT2D eigenvalue weighted by molar-refractivity contribution is -0.139. The summed E-state index contributed by atoms with van der Waals surface area (Å²) in [5.74, 6) is -1.55. The smallest absolute Gasteiger partial charge is 0.480 e. The van der Waals surface area contributed by atoms with Crippen molar-refractivity contribution in [1.82, 2.24) is 5.32 Å². The zero-order valence-corrected chi connectivity index (χ0v) is 12.6. The number of carbonyl (C=O) groups excluding carboxylic acids is 1. The average molecular weight is 347 g/mol. The van der Waals surface area contributed by atoms with E-state index in [0.29, 0.717) is 5.56 Å². The average Bonchev–Trinajstić information content (AvgIpc) is 2.44. The Balaban J connectivity index is 2.71. The van der Waals surface area contributed by atoms with Gasteiger partial charge in [-0.1, -0.05) is 28.7 Å². The molecule has 1 rings (SSSR count). The summed E-state index contributed by atoms with van der Waals surface area (Å²) in [7, 11) is -5.13. The van der Waals surface area contributed by atoms with Crippen molar-refractivity contribution in [2.75, 3.05) is 6.61 Å². The second-order valence-electron chi connectivity index (χ2n) is 4.25. The summed E-state index contributed by atoms with van der Waals surface area (Å²) in [4.78, 5) is 22.5. The van der Waals surface area contributed by atoms with E-state index in [1.807, 2.05) is 0 Å². The monoisotopic (exact) mass is 347 g/mol. The molecule has 0 aliphatic rings. The Kier molecular flexibility index (Phi) is 6.51. The van der Waals surface area contributed by atoms with Crippen LogP contribution in [0.4, 0.5) is 8.68 Å². The third-order valence-corrected chi connectivity index (χ3v) is 2.87. The van der Waals surface area contributed by atoms with Crippen LogP contribution in [0.1, 0.15) is 5.56 Å². The maximum atomic E-state index is 12.3. The van der Waals surface area contributed by atoms with Crippen molar-refractivity contribution in [3.05, 3.63) is 42.5 Å². The summed E-state index contributed by atoms with van der Waals surface area (Å²) in [5, 5.41) is 11.2. The number of carboxylic acids is 1. The van der Waals surface area contributed by atoms with E-state index in [9.17, 15) is 21.9 Å². The van der Waals surface area contributed by atoms with Crippen LogP contribution in [-0.2, 0) is 26.5 Å². The van der Waals surface area contributed by atoms with E-state index in [2.05, 4.69) is 20.8 Å². The Labute approximate surface area is 131 Å². The molecule has 0 bridgehead atoms. The molecule has 1 aromatic rings. The van der Waals surface area contributed by atoms with Crippen molar-refractivity contribution in [2.24, 2.45) is 0 Å². The predicted octanol–water partition coefficient (Wildman–Crippen LogP) is 1.19. The van der Waals surface area contributed by atoms with Gasteiger partial charge in [0.2, 0.25) is 0 Å². The molecule has 1 aromatic carbocycles. The van der Waals surface area contributed by atoms with E-state index in [1.165, 1.54) is 18.2 Å². The number of hydrogen-bond donors (Lipinski definition) is 2. The van der Waals surface area contributed by atoms with Crippen LogP contribution >= 0.6 is 0 Å². The van der Waals surface area contributed by atoms with E-state index in [0.717, 1.165) is 12.1 Å². The molecular weight excluding hydrogens is 333 g/mol. The molecule has 0 aromatic heterocycles. The molecule has 2 N–H and O–H groups in total. The molecule has 0 aliphatic carbocycles. The Hall–Kier alpha value is -2.62. The van der Waals surface area contributed by atoms with Crippen molar-refractivity contribution >= 4 is 22.6 Å². The number of nitrogens with one attached hydrogen (secondary N) is 1. The molecule has 0 aliphatic heterocycles. The zero-order chi connectivity index (χ0) is 17.5. The molecular formula is C13H14FNO7S. The van der Waals surface area contributed by atoms with Crippen LogP contribution in [0.25, 0.3) is 0 Å². The summed E-state index contributed by atoms with van der Waals surface area (Å²) in [6.07, 6.45) is 0.314. The minimum atomic E-state index is -5.13. The van der Waals surface area contributed by atoms with Crippen molar-refractivity contribution < 1.29 is 35.9 Å². The van der Waals surface area contributed by atoms with Crippen molar-refractivity contribution in [3.8, 4) is 5.75 Å². The Bertz CT molecular complexity index is 672. The Morgan fingerprint density at radius 3 is 2.43 bits per heavy atom. The quantitative estimate of drug-likeness (QED) is 0.535. The molecule has 0 saturated heterocycles. The first-order valence-corrected chi connectivity index (χ1v) is 7.52. The van der Waals surface area contributed by atoms with Crippen LogP contribution in [0, 0.1) is 0 Å². The molecule has 126 valence electrons. The number of benzene rings is 1. The lowest BCUT2D eigenvalue weighted by Gasteiger charge is -2.14. The molecule has 23 heavy (non-hydrogen) atoms. The summed E-state index contributed by atoms with van der Waals surface area (Å²) >= 11 is 0. The van der Waals surface area contributed by atoms with Gasteiger partial charge in [0, 0.05) is 6.42 Å². The van der Waals surface area contributed by atoms with Gasteiger partial charge in [0.15, 0.2) is 0 Å². The summed E-state index contributed by atoms with van der Waals surface area (Å²) < 4.78 is 41.6. The van der Waals surface area contributed by atoms with Crippen LogP contribution in [0.15, 0.2) is 36.9 Å². The Morgan fingerprint density at radius 2 is 1.96 bits per heavy atom. The number of ether oxygens (including phenoxy) is 1. The highest BCUT2D eigenvalue weighted by atomic mass is 32.3. The van der Waals surface area contributed by atoms with Crippen LogP contribution in [0.3, 0.4) is 0 Å². The molecule has 0 spiro atoms. The first-order valence-electron chi connectivity index (χ1n) is 6.21. The molecule has 0 saturated carbocycles. The number of halogens is 1. The first kappa shape index (κ1) is 18.4. The van der Waals surface area contributed by atoms with Gasteiger partial charge in [-0.05, 0) is 17.7 Å². The maximum Gasteiger partial charge on any atom is 0.488 e. The van der Waals surface area contributed by atoms with Gasteiger partial charge in [0.05, 0.1) is 0 Å². The normalized spacial score (nSPS) is 12.0. The number of carbonyl (C=O) groups is 2.